The molecule has 4 rings (SSSR count). The molecule has 2 aromatic rings. The monoisotopic (exact) mass is 528 g/mol. The molecule has 1 fully saturated rings. The lowest BCUT2D eigenvalue weighted by Gasteiger charge is -2.28. The number of aromatic nitrogens is 1. The van der Waals surface area contributed by atoms with E-state index >= 15 is 0 Å². The molecule has 3 heterocycles. The third-order valence-corrected chi connectivity index (χ3v) is 7.20. The molecule has 1 saturated heterocycles. The average Bonchev–Trinajstić information content (AvgIpc) is 3.04. The number of morpholine rings is 1. The molecule has 1 aromatic heterocycles. The Balaban J connectivity index is 1.52. The lowest BCUT2D eigenvalue weighted by Crippen LogP contribution is -2.39. The van der Waals surface area contributed by atoms with Crippen molar-refractivity contribution in [3.05, 3.63) is 50.8 Å². The first kappa shape index (κ1) is 24.7. The summed E-state index contributed by atoms with van der Waals surface area (Å²) in [6.45, 7) is 10.2. The van der Waals surface area contributed by atoms with Crippen LogP contribution in [-0.2, 0) is 16.0 Å². The number of aromatic amines is 1. The highest BCUT2D eigenvalue weighted by Crippen LogP contribution is 2.31. The number of allylic oxidation sites excluding steroid dienone is 1. The van der Waals surface area contributed by atoms with Crippen LogP contribution in [0.1, 0.15) is 52.6 Å². The Hall–Kier alpha value is -2.42. The van der Waals surface area contributed by atoms with Crippen LogP contribution in [0, 0.1) is 6.92 Å². The lowest BCUT2D eigenvalue weighted by atomic mass is 10.0. The maximum atomic E-state index is 13.5. The first-order valence-corrected chi connectivity index (χ1v) is 12.8. The van der Waals surface area contributed by atoms with Gasteiger partial charge in [0.1, 0.15) is 0 Å². The van der Waals surface area contributed by atoms with Gasteiger partial charge in [-0.1, -0.05) is 15.9 Å². The normalized spacial score (nSPS) is 17.4. The number of aryl methyl sites for hydroxylation is 1. The predicted molar refractivity (Wildman–Crippen MR) is 139 cm³/mol. The molecule has 0 spiro atoms. The number of hydrogen-bond acceptors (Lipinski definition) is 4. The third kappa shape index (κ3) is 5.62. The minimum Gasteiger partial charge on any atom is -0.379 e. The van der Waals surface area contributed by atoms with Gasteiger partial charge in [-0.05, 0) is 68.5 Å². The minimum absolute atomic E-state index is 0.131. The summed E-state index contributed by atoms with van der Waals surface area (Å²) in [5.41, 5.74) is 6.46. The van der Waals surface area contributed by atoms with Crippen LogP contribution < -0.4 is 5.32 Å². The minimum atomic E-state index is 0.131. The van der Waals surface area contributed by atoms with Gasteiger partial charge in [-0.3, -0.25) is 14.5 Å². The summed E-state index contributed by atoms with van der Waals surface area (Å²) in [7, 11) is 0. The Labute approximate surface area is 209 Å². The molecule has 2 aliphatic rings. The zero-order chi connectivity index (χ0) is 24.1. The van der Waals surface area contributed by atoms with E-state index in [9.17, 15) is 9.59 Å². The summed E-state index contributed by atoms with van der Waals surface area (Å²) >= 11 is 3.52. The highest BCUT2D eigenvalue weighted by molar-refractivity contribution is 9.10. The van der Waals surface area contributed by atoms with Crippen molar-refractivity contribution in [3.8, 4) is 0 Å². The fraction of sp³-hybridized carbons (Fsp3) is 0.462. The van der Waals surface area contributed by atoms with Crippen molar-refractivity contribution >= 4 is 45.6 Å². The Morgan fingerprint density at radius 1 is 1.24 bits per heavy atom. The van der Waals surface area contributed by atoms with Gasteiger partial charge in [-0.15, -0.1) is 0 Å². The third-order valence-electron chi connectivity index (χ3n) is 6.71. The van der Waals surface area contributed by atoms with Gasteiger partial charge < -0.3 is 19.9 Å². The summed E-state index contributed by atoms with van der Waals surface area (Å²) in [6.07, 6.45) is 5.55. The number of anilines is 1. The van der Waals surface area contributed by atoms with Gasteiger partial charge >= 0.3 is 0 Å². The molecule has 0 unspecified atom stereocenters. The lowest BCUT2D eigenvalue weighted by molar-refractivity contribution is -0.105. The molecule has 2 amide bonds. The maximum Gasteiger partial charge on any atom is 0.255 e. The number of nitrogens with one attached hydrogen (secondary N) is 2. The standard InChI is InChI=1S/C26H33BrN4O3/c1-18(21-16-20(27)6-7-22(21)28-17-32)15-24-19(2)25-23(29-24)5-3-9-31(26(25)33)10-4-8-30-11-13-34-14-12-30/h6-7,15-17,29H,3-5,8-14H2,1-2H3,(H,28,32)/b18-15+. The largest absolute Gasteiger partial charge is 0.379 e. The van der Waals surface area contributed by atoms with Crippen LogP contribution in [0.25, 0.3) is 11.6 Å². The fourth-order valence-electron chi connectivity index (χ4n) is 4.86. The van der Waals surface area contributed by atoms with Crippen LogP contribution >= 0.6 is 15.9 Å². The van der Waals surface area contributed by atoms with E-state index in [1.807, 2.05) is 36.9 Å². The zero-order valence-corrected chi connectivity index (χ0v) is 21.5. The number of hydrogen-bond donors (Lipinski definition) is 2. The van der Waals surface area contributed by atoms with Crippen LogP contribution in [0.3, 0.4) is 0 Å². The number of benzene rings is 1. The zero-order valence-electron chi connectivity index (χ0n) is 20.0. The van der Waals surface area contributed by atoms with E-state index in [1.54, 1.807) is 0 Å². The highest BCUT2D eigenvalue weighted by Gasteiger charge is 2.27. The fourth-order valence-corrected chi connectivity index (χ4v) is 5.22. The summed E-state index contributed by atoms with van der Waals surface area (Å²) < 4.78 is 6.37. The van der Waals surface area contributed by atoms with Crippen molar-refractivity contribution < 1.29 is 14.3 Å². The van der Waals surface area contributed by atoms with Crippen LogP contribution in [-0.4, -0.2) is 73.0 Å². The van der Waals surface area contributed by atoms with Gasteiger partial charge in [0.2, 0.25) is 6.41 Å². The number of H-pyrrole nitrogens is 1. The molecular weight excluding hydrogens is 496 g/mol. The molecule has 2 N–H and O–H groups in total. The molecule has 34 heavy (non-hydrogen) atoms. The van der Waals surface area contributed by atoms with E-state index in [1.165, 1.54) is 0 Å². The van der Waals surface area contributed by atoms with Gasteiger partial charge in [-0.25, -0.2) is 0 Å². The average molecular weight is 529 g/mol. The number of halogens is 1. The summed E-state index contributed by atoms with van der Waals surface area (Å²) in [4.78, 5) is 32.5. The van der Waals surface area contributed by atoms with Crippen LogP contribution in [0.4, 0.5) is 5.69 Å². The topological polar surface area (TPSA) is 77.7 Å². The smallest absolute Gasteiger partial charge is 0.255 e. The molecule has 8 heteroatoms. The van der Waals surface area contributed by atoms with Gasteiger partial charge in [0.15, 0.2) is 0 Å². The molecular formula is C26H33BrN4O3. The first-order valence-electron chi connectivity index (χ1n) is 12.0. The number of amides is 2. The summed E-state index contributed by atoms with van der Waals surface area (Å²) in [5, 5.41) is 2.77. The Kier molecular flexibility index (Phi) is 8.24. The van der Waals surface area contributed by atoms with Crippen molar-refractivity contribution in [3.63, 3.8) is 0 Å². The van der Waals surface area contributed by atoms with Crippen molar-refractivity contribution in [2.24, 2.45) is 0 Å². The van der Waals surface area contributed by atoms with Crippen molar-refractivity contribution in [2.75, 3.05) is 51.3 Å². The van der Waals surface area contributed by atoms with Gasteiger partial charge in [-0.2, -0.15) is 0 Å². The highest BCUT2D eigenvalue weighted by atomic mass is 79.9. The molecule has 0 saturated carbocycles. The number of carbonyl (C=O) groups is 2. The summed E-state index contributed by atoms with van der Waals surface area (Å²) in [5.74, 6) is 0.131. The van der Waals surface area contributed by atoms with Gasteiger partial charge in [0.25, 0.3) is 5.91 Å². The predicted octanol–water partition coefficient (Wildman–Crippen LogP) is 4.33. The Morgan fingerprint density at radius 2 is 2.03 bits per heavy atom. The Morgan fingerprint density at radius 3 is 2.79 bits per heavy atom. The van der Waals surface area contributed by atoms with Crippen molar-refractivity contribution in [1.29, 1.82) is 0 Å². The number of rotatable bonds is 8. The first-order chi connectivity index (χ1) is 16.5. The van der Waals surface area contributed by atoms with Gasteiger partial charge in [0.05, 0.1) is 18.8 Å². The van der Waals surface area contributed by atoms with Crippen LogP contribution in [0.5, 0.6) is 0 Å². The number of ether oxygens (including phenoxy) is 1. The van der Waals surface area contributed by atoms with Crippen LogP contribution in [0.15, 0.2) is 22.7 Å². The SMILES string of the molecule is C/C(=C\c1[nH]c2c(c1C)C(=O)N(CCCN1CCOCC1)CCC2)c1cc(Br)ccc1NC=O. The van der Waals surface area contributed by atoms with E-state index in [-0.39, 0.29) is 5.91 Å². The molecule has 0 atom stereocenters. The van der Waals surface area contributed by atoms with Crippen molar-refractivity contribution in [2.45, 2.75) is 33.1 Å². The molecule has 2 aliphatic heterocycles. The quantitative estimate of drug-likeness (QED) is 0.500. The molecule has 0 aliphatic carbocycles. The molecule has 1 aromatic carbocycles. The second-order valence-electron chi connectivity index (χ2n) is 9.00. The molecule has 0 radical (unpaired) electrons. The van der Waals surface area contributed by atoms with E-state index < -0.39 is 0 Å². The second-order valence-corrected chi connectivity index (χ2v) is 9.92. The number of nitrogens with zero attached hydrogens (tertiary/aromatic N) is 2. The summed E-state index contributed by atoms with van der Waals surface area (Å²) in [6, 6.07) is 5.76. The second kappa shape index (κ2) is 11.3. The molecule has 182 valence electrons. The van der Waals surface area contributed by atoms with E-state index in [0.717, 1.165) is 109 Å². The number of fused-ring (bicyclic) bond motifs is 1. The van der Waals surface area contributed by atoms with E-state index in [0.29, 0.717) is 6.41 Å². The van der Waals surface area contributed by atoms with Gasteiger partial charge in [0, 0.05) is 59.8 Å². The van der Waals surface area contributed by atoms with Crippen LogP contribution in [0.2, 0.25) is 0 Å². The Bertz CT molecular complexity index is 1070. The molecule has 7 nitrogen and oxygen atoms in total. The molecule has 0 bridgehead atoms. The van der Waals surface area contributed by atoms with E-state index in [4.69, 9.17) is 4.74 Å². The van der Waals surface area contributed by atoms with E-state index in [2.05, 4.69) is 37.2 Å². The maximum absolute atomic E-state index is 13.5. The number of carbonyl (C=O) groups excluding carboxylic acids is 2. The van der Waals surface area contributed by atoms with Crippen molar-refractivity contribution in [1.82, 2.24) is 14.8 Å².